The van der Waals surface area contributed by atoms with Crippen LogP contribution in [-0.4, -0.2) is 86.6 Å². The van der Waals surface area contributed by atoms with Crippen LogP contribution in [-0.2, 0) is 43.0 Å². The van der Waals surface area contributed by atoms with Crippen molar-refractivity contribution in [3.8, 4) is 0 Å². The van der Waals surface area contributed by atoms with Crippen molar-refractivity contribution in [2.75, 3.05) is 44.9 Å². The lowest BCUT2D eigenvalue weighted by Gasteiger charge is -2.32. The molecule has 3 N–H and O–H groups in total. The molecule has 14 heteroatoms. The van der Waals surface area contributed by atoms with Crippen molar-refractivity contribution < 1.29 is 43.0 Å². The summed E-state index contributed by atoms with van der Waals surface area (Å²) < 4.78 is 15.5. The number of rotatable bonds is 43. The van der Waals surface area contributed by atoms with Crippen molar-refractivity contribution in [3.05, 3.63) is 134 Å². The largest absolute Gasteiger partial charge is 0.466 e. The van der Waals surface area contributed by atoms with Crippen LogP contribution in [0.3, 0.4) is 0 Å². The highest BCUT2D eigenvalue weighted by Gasteiger charge is 2.39. The number of amides is 3. The zero-order chi connectivity index (χ0) is 53.0. The van der Waals surface area contributed by atoms with Gasteiger partial charge in [0.2, 0.25) is 11.8 Å². The second-order valence-electron chi connectivity index (χ2n) is 16.9. The Labute approximate surface area is 441 Å². The van der Waals surface area contributed by atoms with Gasteiger partial charge in [-0.15, -0.1) is 0 Å². The molecule has 0 saturated carbocycles. The van der Waals surface area contributed by atoms with Gasteiger partial charge in [0.25, 0.3) is 5.91 Å². The summed E-state index contributed by atoms with van der Waals surface area (Å²) in [6.45, 7) is 8.21. The van der Waals surface area contributed by atoms with Gasteiger partial charge in [0, 0.05) is 68.0 Å². The summed E-state index contributed by atoms with van der Waals surface area (Å²) in [4.78, 5) is 74.8. The molecule has 0 bridgehead atoms. The molecular formula is C58H87N3O9S2. The van der Waals surface area contributed by atoms with Gasteiger partial charge in [-0.1, -0.05) is 171 Å². The van der Waals surface area contributed by atoms with Crippen molar-refractivity contribution >= 4 is 57.2 Å². The fourth-order valence-electron chi connectivity index (χ4n) is 5.97. The number of carbonyl (C=O) groups excluding carboxylic acids is 6. The number of ether oxygens (including phenoxy) is 3. The summed E-state index contributed by atoms with van der Waals surface area (Å²) in [6.07, 6.45) is 56.4. The van der Waals surface area contributed by atoms with E-state index in [1.807, 2.05) is 6.08 Å². The Hall–Kier alpha value is -5.34. The molecular weight excluding hydrogens is 947 g/mol. The molecule has 0 aromatic heterocycles. The molecule has 0 spiro atoms. The third-order valence-corrected chi connectivity index (χ3v) is 12.3. The minimum atomic E-state index is -1.42. The number of esters is 3. The van der Waals surface area contributed by atoms with Gasteiger partial charge in [0.05, 0.1) is 7.11 Å². The highest BCUT2D eigenvalue weighted by Crippen LogP contribution is 2.25. The van der Waals surface area contributed by atoms with E-state index in [2.05, 4.69) is 150 Å². The van der Waals surface area contributed by atoms with Crippen LogP contribution < -0.4 is 16.0 Å². The Morgan fingerprint density at radius 2 is 0.875 bits per heavy atom. The number of hydrogen-bond donors (Lipinski definition) is 3. The minimum absolute atomic E-state index is 0.0210. The Kier molecular flexibility index (Phi) is 45.6. The third kappa shape index (κ3) is 44.6. The normalized spacial score (nSPS) is 13.0. The molecule has 0 radical (unpaired) electrons. The van der Waals surface area contributed by atoms with Crippen LogP contribution in [0.15, 0.2) is 134 Å². The van der Waals surface area contributed by atoms with E-state index in [-0.39, 0.29) is 37.8 Å². The predicted octanol–water partition coefficient (Wildman–Crippen LogP) is 12.2. The number of carbonyl (C=O) groups is 6. The quantitative estimate of drug-likeness (QED) is 0.0133. The number of allylic oxidation sites excluding steroid dienone is 20. The lowest BCUT2D eigenvalue weighted by Crippen LogP contribution is -2.49. The smallest absolute Gasteiger partial charge is 0.331 e. The molecule has 0 aliphatic carbocycles. The first kappa shape index (κ1) is 66.7. The average Bonchev–Trinajstić information content (AvgIpc) is 3.36. The van der Waals surface area contributed by atoms with Crippen LogP contribution in [0.5, 0.6) is 0 Å². The third-order valence-electron chi connectivity index (χ3n) is 9.94. The van der Waals surface area contributed by atoms with E-state index in [4.69, 9.17) is 9.47 Å². The maximum absolute atomic E-state index is 13.4. The van der Waals surface area contributed by atoms with E-state index >= 15 is 0 Å². The van der Waals surface area contributed by atoms with Crippen LogP contribution >= 0.6 is 21.6 Å². The topological polar surface area (TPSA) is 166 Å². The van der Waals surface area contributed by atoms with Crippen molar-refractivity contribution in [2.45, 2.75) is 143 Å². The second-order valence-corrected chi connectivity index (χ2v) is 19.6. The molecule has 0 unspecified atom stereocenters. The van der Waals surface area contributed by atoms with Crippen molar-refractivity contribution in [1.82, 2.24) is 16.0 Å². The first-order valence-electron chi connectivity index (χ1n) is 25.6. The zero-order valence-electron chi connectivity index (χ0n) is 44.0. The fraction of sp³-hybridized carbons (Fsp3) is 0.517. The molecule has 0 aliphatic heterocycles. The van der Waals surface area contributed by atoms with Gasteiger partial charge in [0.1, 0.15) is 6.61 Å². The average molecular weight is 1030 g/mol. The van der Waals surface area contributed by atoms with E-state index < -0.39 is 35.3 Å². The van der Waals surface area contributed by atoms with Gasteiger partial charge in [-0.25, -0.2) is 9.59 Å². The van der Waals surface area contributed by atoms with Gasteiger partial charge in [-0.2, -0.15) is 0 Å². The highest BCUT2D eigenvalue weighted by molar-refractivity contribution is 8.76. The lowest BCUT2D eigenvalue weighted by molar-refractivity contribution is -0.165. The summed E-state index contributed by atoms with van der Waals surface area (Å²) in [5.41, 5.74) is -1.17. The van der Waals surface area contributed by atoms with Crippen molar-refractivity contribution in [3.63, 3.8) is 0 Å². The molecule has 12 nitrogen and oxygen atoms in total. The van der Waals surface area contributed by atoms with Crippen LogP contribution in [0.25, 0.3) is 0 Å². The molecule has 0 fully saturated rings. The van der Waals surface area contributed by atoms with Gasteiger partial charge < -0.3 is 30.2 Å². The second kappa shape index (κ2) is 49.2. The summed E-state index contributed by atoms with van der Waals surface area (Å²) in [5, 5.41) is 8.42. The Morgan fingerprint density at radius 3 is 1.31 bits per heavy atom. The number of nitrogens with one attached hydrogen (secondary N) is 3. The molecule has 0 heterocycles. The van der Waals surface area contributed by atoms with E-state index in [1.54, 1.807) is 35.4 Å². The number of hydrogen-bond acceptors (Lipinski definition) is 11. The van der Waals surface area contributed by atoms with E-state index in [0.717, 1.165) is 102 Å². The molecule has 72 heavy (non-hydrogen) atoms. The first-order valence-corrected chi connectivity index (χ1v) is 28.1. The summed E-state index contributed by atoms with van der Waals surface area (Å²) in [7, 11) is 4.35. The number of unbranched alkanes of at least 4 members (excludes halogenated alkanes) is 2. The zero-order valence-corrected chi connectivity index (χ0v) is 45.7. The molecule has 0 saturated heterocycles. The van der Waals surface area contributed by atoms with Crippen LogP contribution in [0.4, 0.5) is 0 Å². The molecule has 3 amide bonds. The van der Waals surface area contributed by atoms with E-state index in [0.29, 0.717) is 38.1 Å². The van der Waals surface area contributed by atoms with E-state index in [1.165, 1.54) is 0 Å². The maximum atomic E-state index is 13.4. The van der Waals surface area contributed by atoms with Gasteiger partial charge in [-0.3, -0.25) is 19.2 Å². The van der Waals surface area contributed by atoms with Gasteiger partial charge >= 0.3 is 17.9 Å². The minimum Gasteiger partial charge on any atom is -0.466 e. The number of methoxy groups -OCH3 is 1. The molecule has 0 rings (SSSR count). The van der Waals surface area contributed by atoms with Gasteiger partial charge in [-0.05, 0) is 89.9 Å². The highest BCUT2D eigenvalue weighted by atomic mass is 33.1. The summed E-state index contributed by atoms with van der Waals surface area (Å²) in [5.74, 6) is -1.74. The molecule has 1 atom stereocenters. The Morgan fingerprint density at radius 1 is 0.486 bits per heavy atom. The monoisotopic (exact) mass is 1030 g/mol. The van der Waals surface area contributed by atoms with Crippen molar-refractivity contribution in [2.24, 2.45) is 5.41 Å². The lowest BCUT2D eigenvalue weighted by atomic mass is 9.86. The standard InChI is InChI=1S/C58H87N3O9S2/c1-6-8-10-12-14-16-18-20-22-24-26-28-30-32-34-36-38-40-51(62)59-46-48-71-72-49-47-60-52(63)44-45-61-57(67)56(70-55(66)43-42-53(64)68-5)58(3,4)50-69-54(65)41-39-37-35-33-31-29-27-25-23-21-19-17-15-13-11-9-7-2/h8-11,14-17,20-23,26-29,32-35,42-43,56H,6-7,12-13,18-19,24-25,30-31,36-41,44-50H2,1-5H3,(H,59,62)(H,60,63)(H,61,67)/b10-8-,11-9-,16-14-,17-15-,22-20-,23-21-,28-26-,29-27-,34-32-,35-33+,43-42+/t56-/m0/s1. The summed E-state index contributed by atoms with van der Waals surface area (Å²) in [6, 6.07) is 0. The SMILES string of the molecule is CC/C=C\C/C=C\C/C=C\C/C=C\C/C=C\CCCC(=O)NCCSSCCNC(=O)CCNC(=O)[C@H](OC(=O)/C=C/C(=O)OC)C(C)(C)COC(=O)CCC/C=C/C/C=C\C/C=C\C/C=C\C/C=C\CC. The van der Waals surface area contributed by atoms with Gasteiger partial charge in [0.15, 0.2) is 6.10 Å². The maximum Gasteiger partial charge on any atom is 0.331 e. The van der Waals surface area contributed by atoms with E-state index in [9.17, 15) is 28.8 Å². The van der Waals surface area contributed by atoms with Crippen molar-refractivity contribution in [1.29, 1.82) is 0 Å². The fourth-order valence-corrected chi connectivity index (χ4v) is 7.79. The van der Waals surface area contributed by atoms with Crippen LogP contribution in [0, 0.1) is 5.41 Å². The van der Waals surface area contributed by atoms with Crippen LogP contribution in [0.2, 0.25) is 0 Å². The molecule has 400 valence electrons. The summed E-state index contributed by atoms with van der Waals surface area (Å²) >= 11 is 0. The molecule has 0 aromatic carbocycles. The Bertz CT molecular complexity index is 1840. The molecule has 0 aromatic rings. The first-order chi connectivity index (χ1) is 35.0. The van der Waals surface area contributed by atoms with Crippen LogP contribution in [0.1, 0.15) is 137 Å². The molecule has 0 aliphatic rings. The predicted molar refractivity (Wildman–Crippen MR) is 301 cm³/mol. The Balaban J connectivity index is 4.45.